The summed E-state index contributed by atoms with van der Waals surface area (Å²) in [6.07, 6.45) is 0. The summed E-state index contributed by atoms with van der Waals surface area (Å²) in [6.45, 7) is 3.72. The van der Waals surface area contributed by atoms with Crippen LogP contribution in [-0.2, 0) is 4.74 Å². The third kappa shape index (κ3) is 4.15. The van der Waals surface area contributed by atoms with Gasteiger partial charge in [-0.1, -0.05) is 17.4 Å². The van der Waals surface area contributed by atoms with Gasteiger partial charge in [0.25, 0.3) is 0 Å². The fraction of sp³-hybridized carbons (Fsp3) is 0.174. The number of nitrogens with zero attached hydrogens (tertiary/aromatic N) is 2. The molecule has 0 saturated heterocycles. The number of thiazole rings is 1. The first-order valence-electron chi connectivity index (χ1n) is 9.67. The largest absolute Gasteiger partial charge is 0.504 e. The molecule has 2 aromatic heterocycles. The van der Waals surface area contributed by atoms with Crippen molar-refractivity contribution in [3.8, 4) is 22.8 Å². The number of fused-ring (bicyclic) bond motifs is 1. The van der Waals surface area contributed by atoms with Crippen molar-refractivity contribution in [1.29, 1.82) is 0 Å². The minimum Gasteiger partial charge on any atom is -0.504 e. The summed E-state index contributed by atoms with van der Waals surface area (Å²) in [5.41, 5.74) is 5.92. The van der Waals surface area contributed by atoms with Crippen LogP contribution in [0.1, 0.15) is 20.9 Å². The van der Waals surface area contributed by atoms with Gasteiger partial charge in [-0.25, -0.2) is 9.78 Å². The second-order valence-corrected chi connectivity index (χ2v) is 8.03. The van der Waals surface area contributed by atoms with Crippen LogP contribution in [0.5, 0.6) is 11.5 Å². The molecule has 0 aliphatic heterocycles. The highest BCUT2D eigenvalue weighted by atomic mass is 32.1. The Morgan fingerprint density at radius 1 is 1.16 bits per heavy atom. The Kier molecular flexibility index (Phi) is 5.83. The Labute approximate surface area is 187 Å². The zero-order valence-corrected chi connectivity index (χ0v) is 18.7. The lowest BCUT2D eigenvalue weighted by atomic mass is 10.1. The molecule has 0 amide bonds. The van der Waals surface area contributed by atoms with E-state index >= 15 is 0 Å². The number of benzene rings is 2. The summed E-state index contributed by atoms with van der Waals surface area (Å²) in [5, 5.41) is 16.3. The molecule has 2 aromatic carbocycles. The SMILES string of the molecule is COC(=O)c1sc(NN=c2cc(-c3ccc(O)c(OC)c3)oc3cc(C)ccc23)nc1C. The van der Waals surface area contributed by atoms with E-state index in [1.54, 1.807) is 31.2 Å². The molecule has 2 N–H and O–H groups in total. The number of aromatic nitrogens is 1. The molecule has 0 spiro atoms. The highest BCUT2D eigenvalue weighted by molar-refractivity contribution is 7.17. The number of phenolic OH excluding ortho intramolecular Hbond substituents is 1. The Balaban J connectivity index is 1.82. The number of rotatable bonds is 5. The number of hydrogen-bond donors (Lipinski definition) is 2. The summed E-state index contributed by atoms with van der Waals surface area (Å²) >= 11 is 1.17. The van der Waals surface area contributed by atoms with E-state index in [0.29, 0.717) is 38.2 Å². The van der Waals surface area contributed by atoms with Crippen molar-refractivity contribution >= 4 is 33.4 Å². The van der Waals surface area contributed by atoms with E-state index in [-0.39, 0.29) is 5.75 Å². The highest BCUT2D eigenvalue weighted by Crippen LogP contribution is 2.32. The second-order valence-electron chi connectivity index (χ2n) is 7.03. The molecule has 0 atom stereocenters. The quantitative estimate of drug-likeness (QED) is 0.337. The molecule has 0 saturated carbocycles. The normalized spacial score (nSPS) is 11.6. The molecule has 4 aromatic rings. The Hall–Kier alpha value is -3.85. The average Bonchev–Trinajstić information content (AvgIpc) is 3.17. The predicted molar refractivity (Wildman–Crippen MR) is 122 cm³/mol. The molecular weight excluding hydrogens is 430 g/mol. The van der Waals surface area contributed by atoms with Crippen molar-refractivity contribution < 1.29 is 23.8 Å². The van der Waals surface area contributed by atoms with Gasteiger partial charge in [-0.2, -0.15) is 5.10 Å². The number of phenols is 1. The minimum absolute atomic E-state index is 0.0417. The summed E-state index contributed by atoms with van der Waals surface area (Å²) in [7, 11) is 2.82. The van der Waals surface area contributed by atoms with Gasteiger partial charge in [0.1, 0.15) is 16.2 Å². The van der Waals surface area contributed by atoms with Crippen LogP contribution in [0, 0.1) is 13.8 Å². The van der Waals surface area contributed by atoms with Gasteiger partial charge >= 0.3 is 5.97 Å². The number of methoxy groups -OCH3 is 2. The van der Waals surface area contributed by atoms with Gasteiger partial charge in [-0.05, 0) is 49.7 Å². The molecular formula is C23H21N3O5S. The van der Waals surface area contributed by atoms with Crippen LogP contribution < -0.4 is 15.5 Å². The van der Waals surface area contributed by atoms with Gasteiger partial charge in [-0.15, -0.1) is 0 Å². The van der Waals surface area contributed by atoms with E-state index < -0.39 is 5.97 Å². The van der Waals surface area contributed by atoms with E-state index in [2.05, 4.69) is 15.5 Å². The van der Waals surface area contributed by atoms with Crippen LogP contribution in [0.15, 0.2) is 52.0 Å². The number of carbonyl (C=O) groups excluding carboxylic acids is 1. The number of anilines is 1. The molecule has 9 heteroatoms. The third-order valence-electron chi connectivity index (χ3n) is 4.80. The van der Waals surface area contributed by atoms with Crippen molar-refractivity contribution in [3.05, 3.63) is 64.0 Å². The highest BCUT2D eigenvalue weighted by Gasteiger charge is 2.15. The summed E-state index contributed by atoms with van der Waals surface area (Å²) in [6, 6.07) is 12.6. The second kappa shape index (κ2) is 8.72. The number of aromatic hydroxyl groups is 1. The molecule has 0 fully saturated rings. The van der Waals surface area contributed by atoms with Crippen molar-refractivity contribution in [3.63, 3.8) is 0 Å². The fourth-order valence-electron chi connectivity index (χ4n) is 3.18. The molecule has 164 valence electrons. The lowest BCUT2D eigenvalue weighted by Crippen LogP contribution is -2.07. The first-order valence-corrected chi connectivity index (χ1v) is 10.5. The Bertz CT molecular complexity index is 1390. The Morgan fingerprint density at radius 3 is 2.72 bits per heavy atom. The number of nitrogens with one attached hydrogen (secondary N) is 1. The molecule has 0 aliphatic rings. The lowest BCUT2D eigenvalue weighted by Gasteiger charge is -2.08. The zero-order valence-electron chi connectivity index (χ0n) is 17.9. The number of carbonyl (C=O) groups is 1. The van der Waals surface area contributed by atoms with Crippen molar-refractivity contribution in [1.82, 2.24) is 4.98 Å². The van der Waals surface area contributed by atoms with Crippen LogP contribution in [0.2, 0.25) is 0 Å². The van der Waals surface area contributed by atoms with E-state index in [0.717, 1.165) is 16.5 Å². The molecule has 0 unspecified atom stereocenters. The van der Waals surface area contributed by atoms with Gasteiger partial charge in [0.15, 0.2) is 11.5 Å². The molecule has 4 rings (SSSR count). The molecule has 32 heavy (non-hydrogen) atoms. The fourth-order valence-corrected chi connectivity index (χ4v) is 4.00. The number of ether oxygens (including phenoxy) is 2. The summed E-state index contributed by atoms with van der Waals surface area (Å²) in [4.78, 5) is 16.6. The van der Waals surface area contributed by atoms with Gasteiger partial charge in [-0.3, -0.25) is 5.43 Å². The van der Waals surface area contributed by atoms with Crippen molar-refractivity contribution in [2.75, 3.05) is 19.6 Å². The standard InChI is InChI=1S/C23H21N3O5S/c1-12-5-7-15-16(25-26-23-24-13(2)21(32-23)22(28)30-4)11-18(31-19(15)9-12)14-6-8-17(27)20(10-14)29-3/h5-11,27H,1-4H3,(H,24,26). The average molecular weight is 452 g/mol. The number of esters is 1. The van der Waals surface area contributed by atoms with E-state index in [4.69, 9.17) is 13.9 Å². The van der Waals surface area contributed by atoms with Gasteiger partial charge in [0, 0.05) is 17.0 Å². The maximum Gasteiger partial charge on any atom is 0.350 e. The van der Waals surface area contributed by atoms with Crippen LogP contribution in [0.3, 0.4) is 0 Å². The Morgan fingerprint density at radius 2 is 1.97 bits per heavy atom. The summed E-state index contributed by atoms with van der Waals surface area (Å²) < 4.78 is 16.1. The van der Waals surface area contributed by atoms with Crippen LogP contribution in [0.4, 0.5) is 5.13 Å². The topological polar surface area (TPSA) is 106 Å². The number of hydrogen-bond acceptors (Lipinski definition) is 9. The van der Waals surface area contributed by atoms with E-state index in [1.807, 2.05) is 25.1 Å². The van der Waals surface area contributed by atoms with Crippen molar-refractivity contribution in [2.45, 2.75) is 13.8 Å². The predicted octanol–water partition coefficient (Wildman–Crippen LogP) is 4.60. The first kappa shape index (κ1) is 21.4. The molecule has 0 bridgehead atoms. The summed E-state index contributed by atoms with van der Waals surface area (Å²) in [5.74, 6) is 0.496. The molecule has 8 nitrogen and oxygen atoms in total. The monoisotopic (exact) mass is 451 g/mol. The molecule has 0 radical (unpaired) electrons. The maximum absolute atomic E-state index is 11.9. The molecule has 2 heterocycles. The minimum atomic E-state index is -0.434. The van der Waals surface area contributed by atoms with E-state index in [9.17, 15) is 9.90 Å². The lowest BCUT2D eigenvalue weighted by molar-refractivity contribution is 0.0605. The van der Waals surface area contributed by atoms with Crippen molar-refractivity contribution in [2.24, 2.45) is 5.10 Å². The smallest absolute Gasteiger partial charge is 0.350 e. The van der Waals surface area contributed by atoms with Crippen LogP contribution in [0.25, 0.3) is 22.3 Å². The zero-order chi connectivity index (χ0) is 22.8. The van der Waals surface area contributed by atoms with Gasteiger partial charge in [0.05, 0.1) is 25.3 Å². The van der Waals surface area contributed by atoms with Crippen LogP contribution in [-0.4, -0.2) is 30.3 Å². The first-order chi connectivity index (χ1) is 15.4. The molecule has 0 aliphatic carbocycles. The third-order valence-corrected chi connectivity index (χ3v) is 5.85. The van der Waals surface area contributed by atoms with Gasteiger partial charge < -0.3 is 19.0 Å². The van der Waals surface area contributed by atoms with Crippen LogP contribution >= 0.6 is 11.3 Å². The maximum atomic E-state index is 11.9. The number of aryl methyl sites for hydroxylation is 2. The van der Waals surface area contributed by atoms with E-state index in [1.165, 1.54) is 25.6 Å². The van der Waals surface area contributed by atoms with Gasteiger partial charge in [0.2, 0.25) is 5.13 Å².